The van der Waals surface area contributed by atoms with Crippen molar-refractivity contribution in [3.05, 3.63) is 71.5 Å². The van der Waals surface area contributed by atoms with Crippen LogP contribution in [0.4, 0.5) is 17.3 Å². The first kappa shape index (κ1) is 22.0. The van der Waals surface area contributed by atoms with E-state index in [4.69, 9.17) is 4.98 Å². The average molecular weight is 478 g/mol. The van der Waals surface area contributed by atoms with Crippen LogP contribution in [0.5, 0.6) is 0 Å². The summed E-state index contributed by atoms with van der Waals surface area (Å²) in [4.78, 5) is 40.1. The fourth-order valence-electron chi connectivity index (χ4n) is 4.63. The summed E-state index contributed by atoms with van der Waals surface area (Å²) in [6, 6.07) is 10.9. The van der Waals surface area contributed by atoms with Crippen LogP contribution < -0.4 is 14.7 Å². The second-order valence-corrected chi connectivity index (χ2v) is 10.5. The molecule has 2 aliphatic heterocycles. The number of hydrogen-bond acceptors (Lipinski definition) is 7. The minimum Gasteiger partial charge on any atom is -0.346 e. The van der Waals surface area contributed by atoms with Crippen LogP contribution >= 0.6 is 0 Å². The van der Waals surface area contributed by atoms with Crippen molar-refractivity contribution in [3.63, 3.8) is 0 Å². The van der Waals surface area contributed by atoms with Crippen LogP contribution in [0.3, 0.4) is 0 Å². The summed E-state index contributed by atoms with van der Waals surface area (Å²) >= 11 is 0. The molecule has 34 heavy (non-hydrogen) atoms. The van der Waals surface area contributed by atoms with Gasteiger partial charge in [0.15, 0.2) is 15.7 Å². The summed E-state index contributed by atoms with van der Waals surface area (Å²) < 4.78 is 25.0. The highest BCUT2D eigenvalue weighted by atomic mass is 32.2. The number of fused-ring (bicyclic) bond motifs is 2. The van der Waals surface area contributed by atoms with Gasteiger partial charge in [-0.3, -0.25) is 19.5 Å². The molecule has 1 unspecified atom stereocenters. The van der Waals surface area contributed by atoms with Crippen molar-refractivity contribution in [1.29, 1.82) is 0 Å². The normalized spacial score (nSPS) is 19.9. The van der Waals surface area contributed by atoms with Gasteiger partial charge in [0, 0.05) is 32.7 Å². The Morgan fingerprint density at radius 1 is 1.00 bits per heavy atom. The molecule has 0 saturated heterocycles. The van der Waals surface area contributed by atoms with Gasteiger partial charge in [0.1, 0.15) is 11.9 Å². The number of benzene rings is 1. The fourth-order valence-corrected chi connectivity index (χ4v) is 5.53. The van der Waals surface area contributed by atoms with E-state index >= 15 is 0 Å². The summed E-state index contributed by atoms with van der Waals surface area (Å²) in [7, 11) is -0.174. The van der Waals surface area contributed by atoms with Gasteiger partial charge >= 0.3 is 0 Å². The lowest BCUT2D eigenvalue weighted by Crippen LogP contribution is -2.49. The molecule has 2 aromatic heterocycles. The van der Waals surface area contributed by atoms with Gasteiger partial charge in [-0.2, -0.15) is 0 Å². The van der Waals surface area contributed by atoms with Gasteiger partial charge in [0.05, 0.1) is 22.2 Å². The molecule has 2 aliphatic rings. The van der Waals surface area contributed by atoms with Gasteiger partial charge in [0.25, 0.3) is 5.91 Å². The Kier molecular flexibility index (Phi) is 4.94. The van der Waals surface area contributed by atoms with Crippen molar-refractivity contribution in [2.75, 3.05) is 35.1 Å². The van der Waals surface area contributed by atoms with E-state index in [2.05, 4.69) is 4.98 Å². The van der Waals surface area contributed by atoms with Gasteiger partial charge < -0.3 is 9.80 Å². The van der Waals surface area contributed by atoms with E-state index in [1.165, 1.54) is 11.0 Å². The van der Waals surface area contributed by atoms with Crippen molar-refractivity contribution in [2.24, 2.45) is 0 Å². The molecule has 10 heteroatoms. The van der Waals surface area contributed by atoms with Gasteiger partial charge in [-0.25, -0.2) is 13.4 Å². The molecular formula is C24H23N5O4S. The van der Waals surface area contributed by atoms with Crippen molar-refractivity contribution in [1.82, 2.24) is 9.97 Å². The molecule has 2 amide bonds. The second kappa shape index (κ2) is 7.63. The third kappa shape index (κ3) is 3.17. The number of nitrogens with zero attached hydrogens (tertiary/aromatic N) is 5. The van der Waals surface area contributed by atoms with E-state index in [0.29, 0.717) is 22.9 Å². The lowest BCUT2D eigenvalue weighted by molar-refractivity contribution is -0.119. The molecule has 0 N–H and O–H groups in total. The van der Waals surface area contributed by atoms with Crippen LogP contribution in [0, 0.1) is 0 Å². The smallest absolute Gasteiger partial charge is 0.261 e. The van der Waals surface area contributed by atoms with Gasteiger partial charge in [-0.15, -0.1) is 0 Å². The molecule has 1 aromatic carbocycles. The zero-order valence-electron chi connectivity index (χ0n) is 19.1. The van der Waals surface area contributed by atoms with Crippen LogP contribution in [0.25, 0.3) is 0 Å². The molecule has 3 aromatic rings. The SMILES string of the molecule is C[C@@H]1C(=O)N(C)c2ccc(N3C(=O)c4c(cccc4S(C)(=O)=O)C3c3cccnc3)nc2N1C. The van der Waals surface area contributed by atoms with Crippen LogP contribution in [0.1, 0.15) is 34.5 Å². The Morgan fingerprint density at radius 3 is 2.44 bits per heavy atom. The van der Waals surface area contributed by atoms with E-state index in [9.17, 15) is 18.0 Å². The number of amides is 2. The number of pyridine rings is 2. The highest BCUT2D eigenvalue weighted by Crippen LogP contribution is 2.44. The molecule has 0 aliphatic carbocycles. The second-order valence-electron chi connectivity index (χ2n) is 8.55. The monoisotopic (exact) mass is 477 g/mol. The van der Waals surface area contributed by atoms with Crippen LogP contribution in [0.15, 0.2) is 59.8 Å². The van der Waals surface area contributed by atoms with Crippen LogP contribution in [0.2, 0.25) is 0 Å². The highest BCUT2D eigenvalue weighted by molar-refractivity contribution is 7.90. The third-order valence-electron chi connectivity index (χ3n) is 6.49. The maximum absolute atomic E-state index is 13.8. The number of hydrogen-bond donors (Lipinski definition) is 0. The van der Waals surface area contributed by atoms with E-state index in [1.54, 1.807) is 73.5 Å². The number of carbonyl (C=O) groups excluding carboxylic acids is 2. The Bertz CT molecular complexity index is 1440. The van der Waals surface area contributed by atoms with E-state index in [-0.39, 0.29) is 16.4 Å². The molecule has 0 saturated carbocycles. The molecule has 9 nitrogen and oxygen atoms in total. The van der Waals surface area contributed by atoms with Crippen LogP contribution in [-0.2, 0) is 14.6 Å². The Labute approximate surface area is 197 Å². The maximum atomic E-state index is 13.8. The Morgan fingerprint density at radius 2 is 1.76 bits per heavy atom. The predicted molar refractivity (Wildman–Crippen MR) is 128 cm³/mol. The molecule has 0 radical (unpaired) electrons. The first-order valence-electron chi connectivity index (χ1n) is 10.7. The summed E-state index contributed by atoms with van der Waals surface area (Å²) in [6.45, 7) is 1.80. The standard InChI is InChI=1S/C24H23N5O4S/c1-14-23(30)28(3)17-10-11-19(26-22(17)27(14)2)29-21(15-7-6-12-25-13-15)16-8-5-9-18(34(4,32)33)20(16)24(29)31/h5-14,21H,1-4H3/t14-,21?/m1/s1. The minimum atomic E-state index is -3.65. The van der Waals surface area contributed by atoms with Gasteiger partial charge in [-0.1, -0.05) is 18.2 Å². The van der Waals surface area contributed by atoms with E-state index in [1.807, 2.05) is 6.07 Å². The minimum absolute atomic E-state index is 0.0135. The predicted octanol–water partition coefficient (Wildman–Crippen LogP) is 2.43. The Hall–Kier alpha value is -3.79. The zero-order valence-corrected chi connectivity index (χ0v) is 19.9. The largest absolute Gasteiger partial charge is 0.346 e. The molecule has 0 spiro atoms. The van der Waals surface area contributed by atoms with Gasteiger partial charge in [0.2, 0.25) is 5.91 Å². The van der Waals surface area contributed by atoms with Crippen molar-refractivity contribution >= 4 is 39.0 Å². The van der Waals surface area contributed by atoms with Crippen molar-refractivity contribution in [2.45, 2.75) is 23.9 Å². The number of rotatable bonds is 3. The van der Waals surface area contributed by atoms with E-state index < -0.39 is 27.8 Å². The number of carbonyl (C=O) groups is 2. The Balaban J connectivity index is 1.73. The average Bonchev–Trinajstić information content (AvgIpc) is 3.13. The molecule has 0 fully saturated rings. The quantitative estimate of drug-likeness (QED) is 0.571. The van der Waals surface area contributed by atoms with Crippen molar-refractivity contribution < 1.29 is 18.0 Å². The molecule has 174 valence electrons. The lowest BCUT2D eigenvalue weighted by Gasteiger charge is -2.37. The molecule has 2 atom stereocenters. The van der Waals surface area contributed by atoms with Gasteiger partial charge in [-0.05, 0) is 42.3 Å². The molecule has 0 bridgehead atoms. The number of sulfone groups is 1. The maximum Gasteiger partial charge on any atom is 0.261 e. The molecule has 4 heterocycles. The molecule has 5 rings (SSSR count). The summed E-state index contributed by atoms with van der Waals surface area (Å²) in [5.41, 5.74) is 2.09. The first-order chi connectivity index (χ1) is 16.1. The first-order valence-corrected chi connectivity index (χ1v) is 12.6. The lowest BCUT2D eigenvalue weighted by atomic mass is 9.99. The zero-order chi connectivity index (χ0) is 24.4. The van der Waals surface area contributed by atoms with Crippen molar-refractivity contribution in [3.8, 4) is 0 Å². The summed E-state index contributed by atoms with van der Waals surface area (Å²) in [6.07, 6.45) is 4.39. The topological polar surface area (TPSA) is 104 Å². The fraction of sp³-hybridized carbons (Fsp3) is 0.250. The highest BCUT2D eigenvalue weighted by Gasteiger charge is 2.43. The number of likely N-dealkylation sites (N-methyl/N-ethyl adjacent to an activating group) is 2. The number of anilines is 3. The third-order valence-corrected chi connectivity index (χ3v) is 7.63. The van der Waals surface area contributed by atoms with E-state index in [0.717, 1.165) is 11.8 Å². The summed E-state index contributed by atoms with van der Waals surface area (Å²) in [5, 5.41) is 0. The number of aromatic nitrogens is 2. The molecular weight excluding hydrogens is 454 g/mol. The summed E-state index contributed by atoms with van der Waals surface area (Å²) in [5.74, 6) is 0.410. The van der Waals surface area contributed by atoms with Crippen LogP contribution in [-0.4, -0.2) is 56.6 Å².